The summed E-state index contributed by atoms with van der Waals surface area (Å²) in [5.74, 6) is -0.792. The molecule has 4 rings (SSSR count). The molecule has 2 aromatic carbocycles. The van der Waals surface area contributed by atoms with Crippen LogP contribution in [0.15, 0.2) is 65.3 Å². The number of amides is 2. The lowest BCUT2D eigenvalue weighted by atomic mass is 9.98. The number of aliphatic imine (C=N–C) groups is 1. The van der Waals surface area contributed by atoms with Crippen molar-refractivity contribution < 1.29 is 14.4 Å². The van der Waals surface area contributed by atoms with E-state index in [1.165, 1.54) is 5.57 Å². The van der Waals surface area contributed by atoms with Crippen LogP contribution in [0.1, 0.15) is 61.0 Å². The summed E-state index contributed by atoms with van der Waals surface area (Å²) in [6.45, 7) is 4.74. The predicted octanol–water partition coefficient (Wildman–Crippen LogP) is 4.41. The van der Waals surface area contributed by atoms with Gasteiger partial charge in [-0.1, -0.05) is 61.5 Å². The van der Waals surface area contributed by atoms with Crippen LogP contribution in [-0.4, -0.2) is 41.3 Å². The zero-order valence-corrected chi connectivity index (χ0v) is 19.8. The van der Waals surface area contributed by atoms with Crippen LogP contribution in [-0.2, 0) is 16.1 Å². The van der Waals surface area contributed by atoms with Crippen LogP contribution in [0.25, 0.3) is 5.57 Å². The molecule has 2 aliphatic heterocycles. The Morgan fingerprint density at radius 3 is 2.50 bits per heavy atom. The maximum atomic E-state index is 13.1. The van der Waals surface area contributed by atoms with Gasteiger partial charge in [0, 0.05) is 49.3 Å². The normalized spacial score (nSPS) is 18.3. The predicted molar refractivity (Wildman–Crippen MR) is 133 cm³/mol. The number of hydrogen-bond donors (Lipinski definition) is 1. The van der Waals surface area contributed by atoms with Gasteiger partial charge in [-0.2, -0.15) is 0 Å². The number of nitrogens with zero attached hydrogens (tertiary/aromatic N) is 2. The van der Waals surface area contributed by atoms with Crippen molar-refractivity contribution in [3.05, 3.63) is 77.0 Å². The molecule has 1 fully saturated rings. The molecule has 2 amide bonds. The Morgan fingerprint density at radius 2 is 1.82 bits per heavy atom. The van der Waals surface area contributed by atoms with E-state index < -0.39 is 12.0 Å². The van der Waals surface area contributed by atoms with Crippen molar-refractivity contribution >= 4 is 29.4 Å². The quantitative estimate of drug-likeness (QED) is 0.597. The summed E-state index contributed by atoms with van der Waals surface area (Å²) in [5, 5.41) is 2.99. The largest absolute Gasteiger partial charge is 0.350 e. The fourth-order valence-corrected chi connectivity index (χ4v) is 4.65. The number of ketones is 1. The van der Waals surface area contributed by atoms with E-state index >= 15 is 0 Å². The maximum Gasteiger partial charge on any atom is 0.243 e. The number of likely N-dealkylation sites (tertiary alicyclic amines) is 1. The van der Waals surface area contributed by atoms with E-state index in [2.05, 4.69) is 22.4 Å². The first-order valence-electron chi connectivity index (χ1n) is 11.9. The second kappa shape index (κ2) is 10.6. The first-order valence-corrected chi connectivity index (χ1v) is 11.9. The summed E-state index contributed by atoms with van der Waals surface area (Å²) in [5.41, 5.74) is 5.04. The second-order valence-corrected chi connectivity index (χ2v) is 9.08. The highest BCUT2D eigenvalue weighted by Gasteiger charge is 2.36. The smallest absolute Gasteiger partial charge is 0.243 e. The van der Waals surface area contributed by atoms with Gasteiger partial charge in [-0.3, -0.25) is 19.4 Å². The molecular weight excluding hydrogens is 426 g/mol. The maximum absolute atomic E-state index is 13.1. The van der Waals surface area contributed by atoms with Crippen LogP contribution in [0, 0.1) is 5.92 Å². The van der Waals surface area contributed by atoms with Crippen LogP contribution < -0.4 is 5.32 Å². The van der Waals surface area contributed by atoms with E-state index in [1.807, 2.05) is 43.5 Å². The Bertz CT molecular complexity index is 1120. The molecule has 1 N–H and O–H groups in total. The van der Waals surface area contributed by atoms with E-state index in [-0.39, 0.29) is 24.0 Å². The Kier molecular flexibility index (Phi) is 7.36. The van der Waals surface area contributed by atoms with Crippen LogP contribution in [0.5, 0.6) is 0 Å². The first kappa shape index (κ1) is 23.6. The minimum Gasteiger partial charge on any atom is -0.350 e. The summed E-state index contributed by atoms with van der Waals surface area (Å²) >= 11 is 0. The van der Waals surface area contributed by atoms with Gasteiger partial charge in [-0.05, 0) is 36.5 Å². The summed E-state index contributed by atoms with van der Waals surface area (Å²) in [4.78, 5) is 44.5. The molecule has 0 aromatic heterocycles. The number of rotatable bonds is 8. The van der Waals surface area contributed by atoms with Gasteiger partial charge in [0.25, 0.3) is 0 Å². The minimum absolute atomic E-state index is 0.0554. The summed E-state index contributed by atoms with van der Waals surface area (Å²) < 4.78 is 0. The van der Waals surface area contributed by atoms with Gasteiger partial charge in [-0.15, -0.1) is 0 Å². The number of carbonyl (C=O) groups is 3. The van der Waals surface area contributed by atoms with Gasteiger partial charge >= 0.3 is 0 Å². The van der Waals surface area contributed by atoms with Gasteiger partial charge in [0.05, 0.1) is 0 Å². The minimum atomic E-state index is -0.482. The number of hydrogen-bond acceptors (Lipinski definition) is 4. The topological polar surface area (TPSA) is 78.8 Å². The number of Topliss-reactive ketones (excluding diaryl/α,β-unsaturated/α-hetero) is 1. The van der Waals surface area contributed by atoms with Crippen LogP contribution in [0.2, 0.25) is 0 Å². The van der Waals surface area contributed by atoms with Crippen molar-refractivity contribution in [3.63, 3.8) is 0 Å². The van der Waals surface area contributed by atoms with Gasteiger partial charge < -0.3 is 10.2 Å². The fraction of sp³-hybridized carbons (Fsp3) is 0.357. The fourth-order valence-electron chi connectivity index (χ4n) is 4.65. The van der Waals surface area contributed by atoms with E-state index in [1.54, 1.807) is 24.0 Å². The molecule has 0 aliphatic carbocycles. The van der Waals surface area contributed by atoms with Gasteiger partial charge in [-0.25, -0.2) is 0 Å². The molecule has 0 bridgehead atoms. The number of carbonyl (C=O) groups excluding carboxylic acids is 3. The zero-order chi connectivity index (χ0) is 24.1. The molecule has 2 aromatic rings. The third-order valence-corrected chi connectivity index (χ3v) is 6.63. The molecule has 2 unspecified atom stereocenters. The molecule has 0 spiro atoms. The van der Waals surface area contributed by atoms with E-state index in [0.29, 0.717) is 25.1 Å². The van der Waals surface area contributed by atoms with Crippen molar-refractivity contribution in [2.24, 2.45) is 10.9 Å². The molecule has 6 nitrogen and oxygen atoms in total. The first-order chi connectivity index (χ1) is 16.4. The van der Waals surface area contributed by atoms with Gasteiger partial charge in [0.15, 0.2) is 5.78 Å². The Labute approximate surface area is 200 Å². The molecular formula is C28H31N3O3. The third-order valence-electron chi connectivity index (χ3n) is 6.63. The van der Waals surface area contributed by atoms with Gasteiger partial charge in [0.2, 0.25) is 11.8 Å². The Hall–Kier alpha value is -3.54. The zero-order valence-electron chi connectivity index (χ0n) is 19.8. The van der Waals surface area contributed by atoms with Crippen molar-refractivity contribution in [1.29, 1.82) is 0 Å². The van der Waals surface area contributed by atoms with E-state index in [9.17, 15) is 14.4 Å². The lowest BCUT2D eigenvalue weighted by Gasteiger charge is -2.26. The molecule has 2 heterocycles. The summed E-state index contributed by atoms with van der Waals surface area (Å²) in [7, 11) is 0. The molecule has 0 radical (unpaired) electrons. The highest BCUT2D eigenvalue weighted by atomic mass is 16.2. The Morgan fingerprint density at radius 1 is 1.09 bits per heavy atom. The molecule has 176 valence electrons. The standard InChI is InChI=1S/C28H31N3O3/c1-19(17-26(32)23-7-4-3-5-8-23)28(34)31-16-6-9-25(31)27(33)30-18-21-10-12-22(13-11-21)24-14-15-29-20(24)2/h3-5,7-8,10-13,15,19,25H,6,9,14,16-18H2,1-2H3,(H,30,33). The van der Waals surface area contributed by atoms with Gasteiger partial charge in [0.1, 0.15) is 6.04 Å². The summed E-state index contributed by atoms with van der Waals surface area (Å²) in [6, 6.07) is 16.7. The van der Waals surface area contributed by atoms with Crippen molar-refractivity contribution in [3.8, 4) is 0 Å². The molecule has 34 heavy (non-hydrogen) atoms. The second-order valence-electron chi connectivity index (χ2n) is 9.08. The molecule has 1 saturated heterocycles. The van der Waals surface area contributed by atoms with Crippen molar-refractivity contribution in [2.45, 2.75) is 52.1 Å². The lowest BCUT2D eigenvalue weighted by molar-refractivity contribution is -0.141. The SMILES string of the molecule is CC1=C(c2ccc(CNC(=O)C3CCCN3C(=O)C(C)CC(=O)c3ccccc3)cc2)CC=N1. The summed E-state index contributed by atoms with van der Waals surface area (Å²) in [6.07, 6.45) is 4.34. The van der Waals surface area contributed by atoms with E-state index in [0.717, 1.165) is 29.7 Å². The molecule has 2 atom stereocenters. The number of nitrogens with one attached hydrogen (secondary N) is 1. The van der Waals surface area contributed by atoms with Crippen LogP contribution >= 0.6 is 0 Å². The number of allylic oxidation sites excluding steroid dienone is 2. The molecule has 2 aliphatic rings. The average Bonchev–Trinajstić information content (AvgIpc) is 3.52. The molecule has 0 saturated carbocycles. The highest BCUT2D eigenvalue weighted by molar-refractivity contribution is 5.99. The van der Waals surface area contributed by atoms with Crippen molar-refractivity contribution in [2.75, 3.05) is 6.54 Å². The molecule has 6 heteroatoms. The van der Waals surface area contributed by atoms with Crippen LogP contribution in [0.3, 0.4) is 0 Å². The average molecular weight is 458 g/mol. The Balaban J connectivity index is 1.31. The monoisotopic (exact) mass is 457 g/mol. The highest BCUT2D eigenvalue weighted by Crippen LogP contribution is 2.26. The van der Waals surface area contributed by atoms with Crippen molar-refractivity contribution in [1.82, 2.24) is 10.2 Å². The van der Waals surface area contributed by atoms with Crippen LogP contribution in [0.4, 0.5) is 0 Å². The number of benzene rings is 2. The van der Waals surface area contributed by atoms with E-state index in [4.69, 9.17) is 0 Å². The lowest BCUT2D eigenvalue weighted by Crippen LogP contribution is -2.47. The third kappa shape index (κ3) is 5.33.